The molecule has 94 valence electrons. The molecule has 0 saturated heterocycles. The van der Waals surface area contributed by atoms with Gasteiger partial charge in [0.1, 0.15) is 5.75 Å². The molecule has 1 heterocycles. The quantitative estimate of drug-likeness (QED) is 0.875. The monoisotopic (exact) mass is 242 g/mol. The van der Waals surface area contributed by atoms with Crippen molar-refractivity contribution in [2.24, 2.45) is 5.73 Å². The van der Waals surface area contributed by atoms with Crippen LogP contribution in [0.1, 0.15) is 17.2 Å². The summed E-state index contributed by atoms with van der Waals surface area (Å²) in [6.07, 6.45) is 2.67. The molecular weight excluding hydrogens is 224 g/mol. The van der Waals surface area contributed by atoms with E-state index in [1.807, 2.05) is 42.6 Å². The van der Waals surface area contributed by atoms with Crippen molar-refractivity contribution < 1.29 is 4.74 Å². The van der Waals surface area contributed by atoms with Gasteiger partial charge in [-0.25, -0.2) is 0 Å². The number of aromatic nitrogens is 1. The molecule has 1 aromatic heterocycles. The van der Waals surface area contributed by atoms with Crippen LogP contribution in [0.4, 0.5) is 0 Å². The van der Waals surface area contributed by atoms with Gasteiger partial charge in [-0.3, -0.25) is 4.98 Å². The van der Waals surface area contributed by atoms with Gasteiger partial charge in [-0.1, -0.05) is 18.2 Å². The molecule has 1 atom stereocenters. The Labute approximate surface area is 108 Å². The van der Waals surface area contributed by atoms with E-state index >= 15 is 0 Å². The van der Waals surface area contributed by atoms with Crippen LogP contribution in [0.2, 0.25) is 0 Å². The van der Waals surface area contributed by atoms with Crippen molar-refractivity contribution in [1.82, 2.24) is 4.98 Å². The van der Waals surface area contributed by atoms with Crippen molar-refractivity contribution in [3.8, 4) is 5.75 Å². The number of benzene rings is 1. The fourth-order valence-corrected chi connectivity index (χ4v) is 2.00. The number of ether oxygens (including phenoxy) is 1. The minimum atomic E-state index is 0.273. The van der Waals surface area contributed by atoms with E-state index in [9.17, 15) is 0 Å². The first kappa shape index (κ1) is 12.6. The number of hydrogen-bond donors (Lipinski definition) is 1. The van der Waals surface area contributed by atoms with Gasteiger partial charge in [0.15, 0.2) is 0 Å². The van der Waals surface area contributed by atoms with Gasteiger partial charge in [0, 0.05) is 17.8 Å². The lowest BCUT2D eigenvalue weighted by Crippen LogP contribution is -2.15. The van der Waals surface area contributed by atoms with E-state index in [0.29, 0.717) is 6.54 Å². The van der Waals surface area contributed by atoms with E-state index in [1.165, 1.54) is 5.56 Å². The average Bonchev–Trinajstić information content (AvgIpc) is 2.46. The van der Waals surface area contributed by atoms with Crippen LogP contribution in [0.15, 0.2) is 48.7 Å². The summed E-state index contributed by atoms with van der Waals surface area (Å²) < 4.78 is 5.24. The lowest BCUT2D eigenvalue weighted by molar-refractivity contribution is 0.413. The molecule has 0 bridgehead atoms. The Kier molecular flexibility index (Phi) is 4.31. The lowest BCUT2D eigenvalue weighted by Gasteiger charge is -2.15. The summed E-state index contributed by atoms with van der Waals surface area (Å²) in [5.41, 5.74) is 8.14. The Morgan fingerprint density at radius 2 is 2.11 bits per heavy atom. The normalized spacial score (nSPS) is 12.1. The van der Waals surface area contributed by atoms with Crippen LogP contribution >= 0.6 is 0 Å². The Bertz CT molecular complexity index is 485. The van der Waals surface area contributed by atoms with Gasteiger partial charge in [0.25, 0.3) is 0 Å². The molecule has 3 nitrogen and oxygen atoms in total. The van der Waals surface area contributed by atoms with Gasteiger partial charge in [0.05, 0.1) is 7.11 Å². The van der Waals surface area contributed by atoms with Gasteiger partial charge >= 0.3 is 0 Å². The minimum absolute atomic E-state index is 0.273. The second-order valence-electron chi connectivity index (χ2n) is 4.23. The number of rotatable bonds is 5. The molecule has 18 heavy (non-hydrogen) atoms. The average molecular weight is 242 g/mol. The van der Waals surface area contributed by atoms with Crippen molar-refractivity contribution in [2.45, 2.75) is 12.3 Å². The Hall–Kier alpha value is -1.87. The third-order valence-corrected chi connectivity index (χ3v) is 3.03. The van der Waals surface area contributed by atoms with Crippen molar-refractivity contribution >= 4 is 0 Å². The van der Waals surface area contributed by atoms with Crippen LogP contribution < -0.4 is 10.5 Å². The van der Waals surface area contributed by atoms with Crippen LogP contribution in [0.3, 0.4) is 0 Å². The summed E-state index contributed by atoms with van der Waals surface area (Å²) in [6, 6.07) is 14.0. The predicted octanol–water partition coefficient (Wildman–Crippen LogP) is 2.38. The smallest absolute Gasteiger partial charge is 0.119 e. The molecule has 0 radical (unpaired) electrons. The van der Waals surface area contributed by atoms with E-state index in [4.69, 9.17) is 10.5 Å². The molecule has 0 saturated carbocycles. The molecular formula is C15H18N2O. The van der Waals surface area contributed by atoms with Crippen LogP contribution in [-0.2, 0) is 6.42 Å². The maximum absolute atomic E-state index is 5.88. The fraction of sp³-hybridized carbons (Fsp3) is 0.267. The molecule has 0 aliphatic rings. The van der Waals surface area contributed by atoms with Crippen molar-refractivity contribution in [1.29, 1.82) is 0 Å². The van der Waals surface area contributed by atoms with Gasteiger partial charge in [0.2, 0.25) is 0 Å². The van der Waals surface area contributed by atoms with Crippen LogP contribution in [-0.4, -0.2) is 18.6 Å². The highest BCUT2D eigenvalue weighted by molar-refractivity contribution is 5.31. The topological polar surface area (TPSA) is 48.1 Å². The standard InChI is InChI=1S/C15H18N2O/c1-18-15-7-4-5-12(10-15)13(11-16)9-14-6-2-3-8-17-14/h2-8,10,13H,9,11,16H2,1H3. The fourth-order valence-electron chi connectivity index (χ4n) is 2.00. The summed E-state index contributed by atoms with van der Waals surface area (Å²) in [5, 5.41) is 0. The number of nitrogens with two attached hydrogens (primary N) is 1. The van der Waals surface area contributed by atoms with Gasteiger partial charge in [-0.15, -0.1) is 0 Å². The van der Waals surface area contributed by atoms with E-state index < -0.39 is 0 Å². The third kappa shape index (κ3) is 3.08. The number of hydrogen-bond acceptors (Lipinski definition) is 3. The molecule has 0 aliphatic carbocycles. The van der Waals surface area contributed by atoms with Gasteiger partial charge in [-0.05, 0) is 42.8 Å². The van der Waals surface area contributed by atoms with Gasteiger partial charge in [-0.2, -0.15) is 0 Å². The molecule has 2 rings (SSSR count). The first-order chi connectivity index (χ1) is 8.83. The van der Waals surface area contributed by atoms with E-state index in [2.05, 4.69) is 11.1 Å². The van der Waals surface area contributed by atoms with E-state index in [0.717, 1.165) is 17.9 Å². The zero-order valence-electron chi connectivity index (χ0n) is 10.5. The van der Waals surface area contributed by atoms with Crippen LogP contribution in [0, 0.1) is 0 Å². The molecule has 0 amide bonds. The van der Waals surface area contributed by atoms with Crippen molar-refractivity contribution in [3.05, 3.63) is 59.9 Å². The zero-order valence-corrected chi connectivity index (χ0v) is 10.5. The first-order valence-corrected chi connectivity index (χ1v) is 6.07. The summed E-state index contributed by atoms with van der Waals surface area (Å²) >= 11 is 0. The Morgan fingerprint density at radius 1 is 1.22 bits per heavy atom. The minimum Gasteiger partial charge on any atom is -0.497 e. The predicted molar refractivity (Wildman–Crippen MR) is 72.7 cm³/mol. The van der Waals surface area contributed by atoms with Crippen molar-refractivity contribution in [2.75, 3.05) is 13.7 Å². The number of methoxy groups -OCH3 is 1. The Morgan fingerprint density at radius 3 is 2.78 bits per heavy atom. The summed E-state index contributed by atoms with van der Waals surface area (Å²) in [7, 11) is 1.68. The molecule has 0 spiro atoms. The maximum atomic E-state index is 5.88. The molecule has 0 fully saturated rings. The van der Waals surface area contributed by atoms with E-state index in [1.54, 1.807) is 7.11 Å². The summed E-state index contributed by atoms with van der Waals surface area (Å²) in [6.45, 7) is 0.601. The number of nitrogens with zero attached hydrogens (tertiary/aromatic N) is 1. The largest absolute Gasteiger partial charge is 0.497 e. The summed E-state index contributed by atoms with van der Waals surface area (Å²) in [5.74, 6) is 1.14. The number of pyridine rings is 1. The molecule has 1 unspecified atom stereocenters. The highest BCUT2D eigenvalue weighted by Crippen LogP contribution is 2.22. The first-order valence-electron chi connectivity index (χ1n) is 6.07. The SMILES string of the molecule is COc1cccc(C(CN)Cc2ccccn2)c1. The molecule has 0 aliphatic heterocycles. The second-order valence-corrected chi connectivity index (χ2v) is 4.23. The van der Waals surface area contributed by atoms with Gasteiger partial charge < -0.3 is 10.5 Å². The lowest BCUT2D eigenvalue weighted by atomic mass is 9.94. The Balaban J connectivity index is 2.17. The van der Waals surface area contributed by atoms with Crippen molar-refractivity contribution in [3.63, 3.8) is 0 Å². The maximum Gasteiger partial charge on any atom is 0.119 e. The molecule has 1 aromatic carbocycles. The highest BCUT2D eigenvalue weighted by atomic mass is 16.5. The summed E-state index contributed by atoms with van der Waals surface area (Å²) in [4.78, 5) is 4.35. The highest BCUT2D eigenvalue weighted by Gasteiger charge is 2.11. The molecule has 2 N–H and O–H groups in total. The second kappa shape index (κ2) is 6.17. The zero-order chi connectivity index (χ0) is 12.8. The third-order valence-electron chi connectivity index (χ3n) is 3.03. The molecule has 3 heteroatoms. The van der Waals surface area contributed by atoms with Crippen LogP contribution in [0.5, 0.6) is 5.75 Å². The van der Waals surface area contributed by atoms with Crippen LogP contribution in [0.25, 0.3) is 0 Å². The van der Waals surface area contributed by atoms with E-state index in [-0.39, 0.29) is 5.92 Å². The molecule has 2 aromatic rings.